The van der Waals surface area contributed by atoms with Gasteiger partial charge in [-0.05, 0) is 43.2 Å². The smallest absolute Gasteiger partial charge is 0.282 e. The van der Waals surface area contributed by atoms with Gasteiger partial charge in [-0.25, -0.2) is 8.42 Å². The molecule has 0 fully saturated rings. The van der Waals surface area contributed by atoms with Crippen LogP contribution in [-0.2, 0) is 10.0 Å². The zero-order chi connectivity index (χ0) is 22.1. The lowest BCUT2D eigenvalue weighted by atomic mass is 10.1. The van der Waals surface area contributed by atoms with Crippen LogP contribution in [0.1, 0.15) is 49.9 Å². The average molecular weight is 434 g/mol. The highest BCUT2D eigenvalue weighted by atomic mass is 32.2. The van der Waals surface area contributed by atoms with Crippen LogP contribution in [-0.4, -0.2) is 36.6 Å². The molecule has 1 amide bonds. The zero-order valence-corrected chi connectivity index (χ0v) is 18.0. The van der Waals surface area contributed by atoms with Crippen LogP contribution in [0.5, 0.6) is 0 Å². The van der Waals surface area contributed by atoms with E-state index in [9.17, 15) is 23.3 Å². The van der Waals surface area contributed by atoms with E-state index in [0.29, 0.717) is 18.8 Å². The van der Waals surface area contributed by atoms with Crippen molar-refractivity contribution in [1.29, 1.82) is 0 Å². The second-order valence-electron chi connectivity index (χ2n) is 6.86. The number of benzene rings is 2. The van der Waals surface area contributed by atoms with Gasteiger partial charge in [0.2, 0.25) is 10.0 Å². The first-order valence-corrected chi connectivity index (χ1v) is 11.4. The Morgan fingerprint density at radius 3 is 2.10 bits per heavy atom. The van der Waals surface area contributed by atoms with Crippen LogP contribution in [0.4, 0.5) is 11.4 Å². The van der Waals surface area contributed by atoms with Crippen molar-refractivity contribution in [2.45, 2.75) is 44.4 Å². The van der Waals surface area contributed by atoms with Crippen LogP contribution in [0.15, 0.2) is 53.4 Å². The molecule has 0 unspecified atom stereocenters. The zero-order valence-electron chi connectivity index (χ0n) is 17.2. The molecule has 0 saturated heterocycles. The van der Waals surface area contributed by atoms with Crippen molar-refractivity contribution in [3.05, 3.63) is 64.2 Å². The molecular formula is C21H27N3O5S. The van der Waals surface area contributed by atoms with E-state index < -0.39 is 20.9 Å². The van der Waals surface area contributed by atoms with E-state index >= 15 is 0 Å². The summed E-state index contributed by atoms with van der Waals surface area (Å²) in [5.41, 5.74) is -0.00744. The van der Waals surface area contributed by atoms with Gasteiger partial charge in [0.1, 0.15) is 5.56 Å². The molecule has 0 aliphatic carbocycles. The van der Waals surface area contributed by atoms with Crippen LogP contribution in [0.3, 0.4) is 0 Å². The van der Waals surface area contributed by atoms with Crippen molar-refractivity contribution >= 4 is 27.3 Å². The van der Waals surface area contributed by atoms with Gasteiger partial charge in [-0.1, -0.05) is 38.8 Å². The van der Waals surface area contributed by atoms with Gasteiger partial charge in [-0.3, -0.25) is 14.9 Å². The average Bonchev–Trinajstić information content (AvgIpc) is 2.74. The van der Waals surface area contributed by atoms with Crippen LogP contribution >= 0.6 is 0 Å². The number of amides is 1. The Balaban J connectivity index is 2.19. The van der Waals surface area contributed by atoms with Crippen LogP contribution in [0, 0.1) is 10.1 Å². The number of unbranched alkanes of at least 4 members (excludes halogenated alkanes) is 2. The number of sulfonamides is 1. The fourth-order valence-corrected chi connectivity index (χ4v) is 4.42. The molecule has 0 saturated carbocycles. The van der Waals surface area contributed by atoms with Gasteiger partial charge in [0, 0.05) is 24.8 Å². The highest BCUT2D eigenvalue weighted by molar-refractivity contribution is 7.89. The summed E-state index contributed by atoms with van der Waals surface area (Å²) in [5.74, 6) is -0.634. The van der Waals surface area contributed by atoms with E-state index in [2.05, 4.69) is 5.32 Å². The number of nitrogens with zero attached hydrogens (tertiary/aromatic N) is 2. The first-order chi connectivity index (χ1) is 14.3. The highest BCUT2D eigenvalue weighted by Crippen LogP contribution is 2.22. The summed E-state index contributed by atoms with van der Waals surface area (Å²) in [5, 5.41) is 13.7. The third kappa shape index (κ3) is 5.87. The Labute approximate surface area is 177 Å². The quantitative estimate of drug-likeness (QED) is 0.416. The van der Waals surface area contributed by atoms with Crippen LogP contribution < -0.4 is 5.32 Å². The predicted octanol–water partition coefficient (Wildman–Crippen LogP) is 4.44. The summed E-state index contributed by atoms with van der Waals surface area (Å²) in [6.07, 6.45) is 3.36. The number of nitrogens with one attached hydrogen (secondary N) is 1. The van der Waals surface area contributed by atoms with Gasteiger partial charge in [-0.2, -0.15) is 4.31 Å². The Bertz CT molecular complexity index is 966. The molecule has 162 valence electrons. The fraction of sp³-hybridized carbons (Fsp3) is 0.381. The van der Waals surface area contributed by atoms with E-state index in [1.807, 2.05) is 13.8 Å². The maximum Gasteiger partial charge on any atom is 0.282 e. The highest BCUT2D eigenvalue weighted by Gasteiger charge is 2.24. The van der Waals surface area contributed by atoms with Crippen molar-refractivity contribution in [2.24, 2.45) is 0 Å². The molecule has 0 aliphatic heterocycles. The number of nitro benzene ring substituents is 1. The number of carbonyl (C=O) groups excluding carboxylic acids is 1. The van der Waals surface area contributed by atoms with Gasteiger partial charge < -0.3 is 5.32 Å². The lowest BCUT2D eigenvalue weighted by Crippen LogP contribution is -2.33. The van der Waals surface area contributed by atoms with Gasteiger partial charge in [0.25, 0.3) is 11.6 Å². The summed E-state index contributed by atoms with van der Waals surface area (Å²) < 4.78 is 27.5. The van der Waals surface area contributed by atoms with Crippen LogP contribution in [0.2, 0.25) is 0 Å². The Morgan fingerprint density at radius 1 is 1.00 bits per heavy atom. The first kappa shape index (κ1) is 23.5. The van der Waals surface area contributed by atoms with Crippen molar-refractivity contribution in [2.75, 3.05) is 18.4 Å². The topological polar surface area (TPSA) is 110 Å². The number of para-hydroxylation sites is 1. The number of rotatable bonds is 11. The number of hydrogen-bond donors (Lipinski definition) is 1. The lowest BCUT2D eigenvalue weighted by molar-refractivity contribution is -0.385. The van der Waals surface area contributed by atoms with Gasteiger partial charge >= 0.3 is 0 Å². The maximum absolute atomic E-state index is 13.0. The van der Waals surface area contributed by atoms with Gasteiger partial charge in [-0.15, -0.1) is 0 Å². The van der Waals surface area contributed by atoms with Crippen LogP contribution in [0.25, 0.3) is 0 Å². The van der Waals surface area contributed by atoms with Gasteiger partial charge in [0.05, 0.1) is 9.82 Å². The second-order valence-corrected chi connectivity index (χ2v) is 8.80. The molecule has 0 aliphatic rings. The molecule has 0 atom stereocenters. The molecule has 2 aromatic rings. The lowest BCUT2D eigenvalue weighted by Gasteiger charge is -2.22. The molecule has 0 spiro atoms. The van der Waals surface area contributed by atoms with Crippen molar-refractivity contribution in [3.8, 4) is 0 Å². The predicted molar refractivity (Wildman–Crippen MR) is 116 cm³/mol. The van der Waals surface area contributed by atoms with E-state index in [-0.39, 0.29) is 16.1 Å². The summed E-state index contributed by atoms with van der Waals surface area (Å²) >= 11 is 0. The molecule has 0 heterocycles. The molecule has 0 radical (unpaired) electrons. The fourth-order valence-electron chi connectivity index (χ4n) is 2.90. The van der Waals surface area contributed by atoms with Gasteiger partial charge in [0.15, 0.2) is 0 Å². The van der Waals surface area contributed by atoms with E-state index in [4.69, 9.17) is 0 Å². The summed E-state index contributed by atoms with van der Waals surface area (Å²) in [6, 6.07) is 11.5. The van der Waals surface area contributed by atoms with E-state index in [1.54, 1.807) is 6.07 Å². The Morgan fingerprint density at radius 2 is 1.57 bits per heavy atom. The second kappa shape index (κ2) is 10.8. The summed E-state index contributed by atoms with van der Waals surface area (Å²) in [6.45, 7) is 4.96. The number of nitro groups is 1. The monoisotopic (exact) mass is 433 g/mol. The minimum absolute atomic E-state index is 0.0653. The largest absolute Gasteiger partial charge is 0.322 e. The molecule has 0 aromatic heterocycles. The normalized spacial score (nSPS) is 11.4. The molecule has 8 nitrogen and oxygen atoms in total. The van der Waals surface area contributed by atoms with E-state index in [1.165, 1.54) is 46.8 Å². The number of carbonyl (C=O) groups is 1. The van der Waals surface area contributed by atoms with Crippen molar-refractivity contribution < 1.29 is 18.1 Å². The standard InChI is InChI=1S/C21H27N3O5S/c1-3-5-15-23(16-6-4-2)30(28,29)18-13-11-17(12-14-18)22-21(25)19-9-7-8-10-20(19)24(26)27/h7-14H,3-6,15-16H2,1-2H3,(H,22,25). The minimum atomic E-state index is -3.63. The summed E-state index contributed by atoms with van der Waals surface area (Å²) in [7, 11) is -3.63. The molecule has 2 aromatic carbocycles. The number of hydrogen-bond acceptors (Lipinski definition) is 5. The first-order valence-electron chi connectivity index (χ1n) is 9.96. The SMILES string of the molecule is CCCCN(CCCC)S(=O)(=O)c1ccc(NC(=O)c2ccccc2[N+](=O)[O-])cc1. The molecular weight excluding hydrogens is 406 g/mol. The Kier molecular flexibility index (Phi) is 8.49. The van der Waals surface area contributed by atoms with Crippen molar-refractivity contribution in [3.63, 3.8) is 0 Å². The number of anilines is 1. The molecule has 0 bridgehead atoms. The van der Waals surface area contributed by atoms with Crippen molar-refractivity contribution in [1.82, 2.24) is 4.31 Å². The third-order valence-electron chi connectivity index (χ3n) is 4.62. The Hall–Kier alpha value is -2.78. The molecule has 30 heavy (non-hydrogen) atoms. The summed E-state index contributed by atoms with van der Waals surface area (Å²) in [4.78, 5) is 23.1. The molecule has 9 heteroatoms. The van der Waals surface area contributed by atoms with E-state index in [0.717, 1.165) is 25.7 Å². The molecule has 2 rings (SSSR count). The maximum atomic E-state index is 13.0. The third-order valence-corrected chi connectivity index (χ3v) is 6.53. The minimum Gasteiger partial charge on any atom is -0.322 e. The molecule has 1 N–H and O–H groups in total.